The van der Waals surface area contributed by atoms with Gasteiger partial charge in [0.05, 0.1) is 20.8 Å². The molecule has 0 bridgehead atoms. The number of carbonyl (C=O) groups is 1. The predicted octanol–water partition coefficient (Wildman–Crippen LogP) is 3.81. The van der Waals surface area contributed by atoms with E-state index in [4.69, 9.17) is 21.1 Å². The van der Waals surface area contributed by atoms with E-state index in [0.717, 1.165) is 42.0 Å². The summed E-state index contributed by atoms with van der Waals surface area (Å²) in [5.41, 5.74) is 2.09. The summed E-state index contributed by atoms with van der Waals surface area (Å²) >= 11 is 5.99. The van der Waals surface area contributed by atoms with Crippen molar-refractivity contribution in [2.24, 2.45) is 0 Å². The molecular formula is C21H25ClN2O3. The minimum absolute atomic E-state index is 0.00866. The van der Waals surface area contributed by atoms with E-state index in [1.54, 1.807) is 14.2 Å². The van der Waals surface area contributed by atoms with Gasteiger partial charge in [0.25, 0.3) is 0 Å². The highest BCUT2D eigenvalue weighted by Gasteiger charge is 2.29. The summed E-state index contributed by atoms with van der Waals surface area (Å²) in [4.78, 5) is 14.7. The molecule has 1 fully saturated rings. The van der Waals surface area contributed by atoms with E-state index in [2.05, 4.69) is 10.2 Å². The number of nitrogens with one attached hydrogen (secondary N) is 1. The highest BCUT2D eigenvalue weighted by Crippen LogP contribution is 2.38. The van der Waals surface area contributed by atoms with Crippen molar-refractivity contribution in [3.05, 3.63) is 58.6 Å². The highest BCUT2D eigenvalue weighted by molar-refractivity contribution is 6.30. The zero-order valence-electron chi connectivity index (χ0n) is 15.7. The summed E-state index contributed by atoms with van der Waals surface area (Å²) in [7, 11) is 3.30. The first-order valence-corrected chi connectivity index (χ1v) is 9.45. The summed E-state index contributed by atoms with van der Waals surface area (Å²) < 4.78 is 10.8. The zero-order valence-corrected chi connectivity index (χ0v) is 16.5. The van der Waals surface area contributed by atoms with Gasteiger partial charge in [-0.3, -0.25) is 9.69 Å². The lowest BCUT2D eigenvalue weighted by Gasteiger charge is -2.26. The number of carbonyl (C=O) groups excluding carboxylic acids is 1. The number of ether oxygens (including phenoxy) is 2. The Bertz CT molecular complexity index is 797. The van der Waals surface area contributed by atoms with E-state index < -0.39 is 0 Å². The van der Waals surface area contributed by atoms with Gasteiger partial charge in [-0.25, -0.2) is 0 Å². The second-order valence-corrected chi connectivity index (χ2v) is 7.08. The lowest BCUT2D eigenvalue weighted by molar-refractivity contribution is -0.122. The average molecular weight is 389 g/mol. The van der Waals surface area contributed by atoms with E-state index in [9.17, 15) is 4.79 Å². The standard InChI is InChI=1S/C21H25ClN2O3/c1-26-17-8-9-18(20(12-17)27-2)19-7-4-10-24(19)14-21(25)23-13-15-5-3-6-16(22)11-15/h3,5-6,8-9,11-12,19H,4,7,10,13-14H2,1-2H3,(H,23,25)/t19-/m1/s1. The van der Waals surface area contributed by atoms with E-state index in [1.807, 2.05) is 42.5 Å². The molecule has 1 saturated heterocycles. The second kappa shape index (κ2) is 9.11. The number of hydrogen-bond acceptors (Lipinski definition) is 4. The fraction of sp³-hybridized carbons (Fsp3) is 0.381. The SMILES string of the molecule is COc1ccc([C@H]2CCCN2CC(=O)NCc2cccc(Cl)c2)c(OC)c1. The molecule has 0 spiro atoms. The maximum Gasteiger partial charge on any atom is 0.234 e. The van der Waals surface area contributed by atoms with Crippen LogP contribution in [0.25, 0.3) is 0 Å². The van der Waals surface area contributed by atoms with Crippen LogP contribution in [0.2, 0.25) is 5.02 Å². The van der Waals surface area contributed by atoms with Crippen LogP contribution in [0.3, 0.4) is 0 Å². The van der Waals surface area contributed by atoms with Crippen LogP contribution in [0.4, 0.5) is 0 Å². The monoisotopic (exact) mass is 388 g/mol. The first-order chi connectivity index (χ1) is 13.1. The van der Waals surface area contributed by atoms with Crippen LogP contribution in [0.5, 0.6) is 11.5 Å². The normalized spacial score (nSPS) is 16.9. The Morgan fingerprint density at radius 1 is 1.22 bits per heavy atom. The Balaban J connectivity index is 1.63. The topological polar surface area (TPSA) is 50.8 Å². The van der Waals surface area contributed by atoms with Gasteiger partial charge in [0.1, 0.15) is 11.5 Å². The number of hydrogen-bond donors (Lipinski definition) is 1. The van der Waals surface area contributed by atoms with Crippen LogP contribution < -0.4 is 14.8 Å². The Morgan fingerprint density at radius 3 is 2.81 bits per heavy atom. The number of nitrogens with zero attached hydrogens (tertiary/aromatic N) is 1. The summed E-state index contributed by atoms with van der Waals surface area (Å²) in [6.07, 6.45) is 2.06. The molecule has 1 amide bonds. The molecule has 0 aliphatic carbocycles. The summed E-state index contributed by atoms with van der Waals surface area (Å²) in [5, 5.41) is 3.66. The van der Waals surface area contributed by atoms with Gasteiger partial charge in [-0.05, 0) is 43.1 Å². The van der Waals surface area contributed by atoms with E-state index in [0.29, 0.717) is 18.1 Å². The minimum atomic E-state index is 0.00866. The molecule has 1 aliphatic heterocycles. The third kappa shape index (κ3) is 4.93. The average Bonchev–Trinajstić information content (AvgIpc) is 3.13. The Kier molecular flexibility index (Phi) is 6.58. The molecule has 6 heteroatoms. The first-order valence-electron chi connectivity index (χ1n) is 9.08. The lowest BCUT2D eigenvalue weighted by Crippen LogP contribution is -2.36. The van der Waals surface area contributed by atoms with Crippen molar-refractivity contribution < 1.29 is 14.3 Å². The molecule has 5 nitrogen and oxygen atoms in total. The third-order valence-corrected chi connectivity index (χ3v) is 5.12. The Hall–Kier alpha value is -2.24. The van der Waals surface area contributed by atoms with Crippen molar-refractivity contribution in [2.75, 3.05) is 27.3 Å². The van der Waals surface area contributed by atoms with Gasteiger partial charge in [-0.2, -0.15) is 0 Å². The molecule has 1 aliphatic rings. The molecule has 3 rings (SSSR count). The fourth-order valence-corrected chi connectivity index (χ4v) is 3.76. The van der Waals surface area contributed by atoms with E-state index >= 15 is 0 Å². The van der Waals surface area contributed by atoms with Gasteiger partial charge in [-0.15, -0.1) is 0 Å². The molecule has 27 heavy (non-hydrogen) atoms. The number of likely N-dealkylation sites (tertiary alicyclic amines) is 1. The van der Waals surface area contributed by atoms with Crippen LogP contribution in [-0.4, -0.2) is 38.1 Å². The van der Waals surface area contributed by atoms with E-state index in [-0.39, 0.29) is 11.9 Å². The first kappa shape index (κ1) is 19.5. The minimum Gasteiger partial charge on any atom is -0.497 e. The van der Waals surface area contributed by atoms with Crippen LogP contribution in [0, 0.1) is 0 Å². The molecule has 0 radical (unpaired) electrons. The maximum atomic E-state index is 12.5. The number of benzene rings is 2. The van der Waals surface area contributed by atoms with E-state index in [1.165, 1.54) is 0 Å². The highest BCUT2D eigenvalue weighted by atomic mass is 35.5. The van der Waals surface area contributed by atoms with Crippen molar-refractivity contribution in [2.45, 2.75) is 25.4 Å². The van der Waals surface area contributed by atoms with Crippen LogP contribution in [0.15, 0.2) is 42.5 Å². The molecule has 0 saturated carbocycles. The zero-order chi connectivity index (χ0) is 19.2. The van der Waals surface area contributed by atoms with Crippen LogP contribution in [0.1, 0.15) is 30.0 Å². The molecule has 1 atom stereocenters. The molecule has 1 N–H and O–H groups in total. The largest absolute Gasteiger partial charge is 0.497 e. The number of rotatable bonds is 7. The van der Waals surface area contributed by atoms with Crippen molar-refractivity contribution in [3.8, 4) is 11.5 Å². The summed E-state index contributed by atoms with van der Waals surface area (Å²) in [6, 6.07) is 13.6. The maximum absolute atomic E-state index is 12.5. The van der Waals surface area contributed by atoms with Crippen molar-refractivity contribution in [1.29, 1.82) is 0 Å². The molecule has 0 aromatic heterocycles. The molecule has 0 unspecified atom stereocenters. The number of halogens is 1. The van der Waals surface area contributed by atoms with Gasteiger partial charge >= 0.3 is 0 Å². The molecular weight excluding hydrogens is 364 g/mol. The van der Waals surface area contributed by atoms with Crippen LogP contribution in [-0.2, 0) is 11.3 Å². The number of amides is 1. The summed E-state index contributed by atoms with van der Waals surface area (Å²) in [5.74, 6) is 1.57. The van der Waals surface area contributed by atoms with Gasteiger partial charge in [0, 0.05) is 29.2 Å². The fourth-order valence-electron chi connectivity index (χ4n) is 3.55. The van der Waals surface area contributed by atoms with Crippen LogP contribution >= 0.6 is 11.6 Å². The van der Waals surface area contributed by atoms with Gasteiger partial charge in [-0.1, -0.05) is 29.8 Å². The second-order valence-electron chi connectivity index (χ2n) is 6.64. The molecule has 1 heterocycles. The van der Waals surface area contributed by atoms with Gasteiger partial charge < -0.3 is 14.8 Å². The predicted molar refractivity (Wildman–Crippen MR) is 106 cm³/mol. The molecule has 2 aromatic carbocycles. The Labute approximate surface area is 165 Å². The quantitative estimate of drug-likeness (QED) is 0.783. The number of methoxy groups -OCH3 is 2. The van der Waals surface area contributed by atoms with Crippen molar-refractivity contribution in [3.63, 3.8) is 0 Å². The van der Waals surface area contributed by atoms with Crippen molar-refractivity contribution >= 4 is 17.5 Å². The molecule has 144 valence electrons. The Morgan fingerprint density at radius 2 is 2.07 bits per heavy atom. The van der Waals surface area contributed by atoms with Gasteiger partial charge in [0.15, 0.2) is 0 Å². The smallest absolute Gasteiger partial charge is 0.234 e. The third-order valence-electron chi connectivity index (χ3n) is 4.89. The lowest BCUT2D eigenvalue weighted by atomic mass is 10.0. The van der Waals surface area contributed by atoms with Gasteiger partial charge in [0.2, 0.25) is 5.91 Å². The van der Waals surface area contributed by atoms with Crippen molar-refractivity contribution in [1.82, 2.24) is 10.2 Å². The molecule has 2 aromatic rings. The summed E-state index contributed by atoms with van der Waals surface area (Å²) in [6.45, 7) is 1.73.